The van der Waals surface area contributed by atoms with Crippen LogP contribution in [0, 0.1) is 6.92 Å². The van der Waals surface area contributed by atoms with Crippen LogP contribution in [0.3, 0.4) is 0 Å². The number of ether oxygens (including phenoxy) is 1. The lowest BCUT2D eigenvalue weighted by molar-refractivity contribution is -0.122. The third-order valence-corrected chi connectivity index (χ3v) is 2.46. The van der Waals surface area contributed by atoms with Gasteiger partial charge in [0, 0.05) is 12.6 Å². The number of rotatable bonds is 5. The molecule has 0 heterocycles. The van der Waals surface area contributed by atoms with Gasteiger partial charge in [0.2, 0.25) is 0 Å². The van der Waals surface area contributed by atoms with Crippen molar-refractivity contribution in [2.24, 2.45) is 5.73 Å². The predicted molar refractivity (Wildman–Crippen MR) is 68.0 cm³/mol. The summed E-state index contributed by atoms with van der Waals surface area (Å²) in [6.45, 7) is 6.42. The van der Waals surface area contributed by atoms with E-state index in [0.717, 1.165) is 16.9 Å². The van der Waals surface area contributed by atoms with Crippen molar-refractivity contribution in [2.75, 3.05) is 13.2 Å². The van der Waals surface area contributed by atoms with Crippen molar-refractivity contribution in [3.8, 4) is 5.75 Å². The van der Waals surface area contributed by atoms with Gasteiger partial charge in [-0.2, -0.15) is 0 Å². The van der Waals surface area contributed by atoms with Crippen molar-refractivity contribution < 1.29 is 9.53 Å². The van der Waals surface area contributed by atoms with Gasteiger partial charge in [0.15, 0.2) is 6.61 Å². The van der Waals surface area contributed by atoms with Gasteiger partial charge in [0.25, 0.3) is 5.91 Å². The number of likely N-dealkylation sites (N-methyl/N-ethyl adjacent to an activating group) is 1. The molecule has 1 amide bonds. The highest BCUT2D eigenvalue weighted by molar-refractivity contribution is 5.77. The minimum atomic E-state index is -0.108. The third kappa shape index (κ3) is 4.07. The maximum absolute atomic E-state index is 11.2. The van der Waals surface area contributed by atoms with Crippen LogP contribution in [0.15, 0.2) is 18.2 Å². The van der Waals surface area contributed by atoms with Gasteiger partial charge in [0.05, 0.1) is 0 Å². The summed E-state index contributed by atoms with van der Waals surface area (Å²) in [6.07, 6.45) is 0. The Hall–Kier alpha value is -1.55. The Morgan fingerprint density at radius 1 is 1.53 bits per heavy atom. The molecule has 0 radical (unpaired) electrons. The zero-order chi connectivity index (χ0) is 12.8. The maximum atomic E-state index is 11.2. The molecule has 17 heavy (non-hydrogen) atoms. The normalized spacial score (nSPS) is 12.0. The minimum absolute atomic E-state index is 0.00569. The zero-order valence-corrected chi connectivity index (χ0v) is 10.6. The number of nitrogens with two attached hydrogens (primary N) is 1. The van der Waals surface area contributed by atoms with Crippen LogP contribution in [-0.4, -0.2) is 19.1 Å². The molecule has 3 N–H and O–H groups in total. The summed E-state index contributed by atoms with van der Waals surface area (Å²) in [5.74, 6) is 0.615. The van der Waals surface area contributed by atoms with Gasteiger partial charge in [0.1, 0.15) is 5.75 Å². The highest BCUT2D eigenvalue weighted by Crippen LogP contribution is 2.21. The number of carbonyl (C=O) groups is 1. The molecule has 1 unspecified atom stereocenters. The van der Waals surface area contributed by atoms with E-state index in [0.29, 0.717) is 6.54 Å². The number of amides is 1. The van der Waals surface area contributed by atoms with Crippen LogP contribution >= 0.6 is 0 Å². The Labute approximate surface area is 102 Å². The number of carbonyl (C=O) groups excluding carboxylic acids is 1. The SMILES string of the molecule is CCNC(=O)COc1ccc(C(C)N)cc1C. The fraction of sp³-hybridized carbons (Fsp3) is 0.462. The fourth-order valence-electron chi connectivity index (χ4n) is 1.51. The van der Waals surface area contributed by atoms with Gasteiger partial charge in [-0.3, -0.25) is 4.79 Å². The first-order valence-corrected chi connectivity index (χ1v) is 5.80. The molecule has 94 valence electrons. The lowest BCUT2D eigenvalue weighted by atomic mass is 10.1. The van der Waals surface area contributed by atoms with Crippen LogP contribution in [0.2, 0.25) is 0 Å². The topological polar surface area (TPSA) is 64.3 Å². The van der Waals surface area contributed by atoms with Gasteiger partial charge >= 0.3 is 0 Å². The highest BCUT2D eigenvalue weighted by Gasteiger charge is 2.06. The van der Waals surface area contributed by atoms with E-state index in [-0.39, 0.29) is 18.6 Å². The molecule has 0 bridgehead atoms. The molecule has 4 heteroatoms. The number of nitrogens with one attached hydrogen (secondary N) is 1. The molecule has 0 aliphatic carbocycles. The van der Waals surface area contributed by atoms with Gasteiger partial charge in [-0.25, -0.2) is 0 Å². The third-order valence-electron chi connectivity index (χ3n) is 2.46. The van der Waals surface area contributed by atoms with E-state index in [1.807, 2.05) is 39.0 Å². The summed E-state index contributed by atoms with van der Waals surface area (Å²) in [5, 5.41) is 2.68. The van der Waals surface area contributed by atoms with Crippen molar-refractivity contribution in [3.63, 3.8) is 0 Å². The van der Waals surface area contributed by atoms with E-state index >= 15 is 0 Å². The second-order valence-corrected chi connectivity index (χ2v) is 4.06. The average Bonchev–Trinajstić information content (AvgIpc) is 2.27. The second-order valence-electron chi connectivity index (χ2n) is 4.06. The summed E-state index contributed by atoms with van der Waals surface area (Å²) in [6, 6.07) is 5.77. The Bertz CT molecular complexity index is 389. The molecule has 4 nitrogen and oxygen atoms in total. The largest absolute Gasteiger partial charge is 0.484 e. The summed E-state index contributed by atoms with van der Waals surface area (Å²) in [4.78, 5) is 11.2. The van der Waals surface area contributed by atoms with Crippen LogP contribution in [0.5, 0.6) is 5.75 Å². The van der Waals surface area contributed by atoms with Crippen molar-refractivity contribution in [1.29, 1.82) is 0 Å². The van der Waals surface area contributed by atoms with Gasteiger partial charge in [-0.05, 0) is 38.0 Å². The molecular weight excluding hydrogens is 216 g/mol. The van der Waals surface area contributed by atoms with Crippen molar-refractivity contribution in [1.82, 2.24) is 5.32 Å². The summed E-state index contributed by atoms with van der Waals surface area (Å²) >= 11 is 0. The first-order chi connectivity index (χ1) is 8.04. The Morgan fingerprint density at radius 2 is 2.24 bits per heavy atom. The van der Waals surface area contributed by atoms with Crippen molar-refractivity contribution >= 4 is 5.91 Å². The molecule has 0 aromatic heterocycles. The van der Waals surface area contributed by atoms with Crippen LogP contribution in [0.1, 0.15) is 31.0 Å². The van der Waals surface area contributed by atoms with Crippen molar-refractivity contribution in [3.05, 3.63) is 29.3 Å². The molecule has 0 fully saturated rings. The van der Waals surface area contributed by atoms with Crippen LogP contribution in [-0.2, 0) is 4.79 Å². The van der Waals surface area contributed by atoms with E-state index in [9.17, 15) is 4.79 Å². The number of hydrogen-bond acceptors (Lipinski definition) is 3. The Morgan fingerprint density at radius 3 is 2.76 bits per heavy atom. The molecule has 0 saturated carbocycles. The number of benzene rings is 1. The quantitative estimate of drug-likeness (QED) is 0.815. The van der Waals surface area contributed by atoms with Gasteiger partial charge in [-0.15, -0.1) is 0 Å². The van der Waals surface area contributed by atoms with Gasteiger partial charge < -0.3 is 15.8 Å². The van der Waals surface area contributed by atoms with E-state index in [2.05, 4.69) is 5.32 Å². The van der Waals surface area contributed by atoms with E-state index in [1.54, 1.807) is 0 Å². The monoisotopic (exact) mass is 236 g/mol. The first kappa shape index (κ1) is 13.5. The number of aryl methyl sites for hydroxylation is 1. The standard InChI is InChI=1S/C13H20N2O2/c1-4-15-13(16)8-17-12-6-5-11(10(3)14)7-9(12)2/h5-7,10H,4,8,14H2,1-3H3,(H,15,16). The predicted octanol–water partition coefficient (Wildman–Crippen LogP) is 1.53. The van der Waals surface area contributed by atoms with Crippen molar-refractivity contribution in [2.45, 2.75) is 26.8 Å². The molecule has 0 aliphatic heterocycles. The van der Waals surface area contributed by atoms with Gasteiger partial charge in [-0.1, -0.05) is 12.1 Å². The molecule has 0 saturated heterocycles. The molecule has 0 aliphatic rings. The van der Waals surface area contributed by atoms with E-state index < -0.39 is 0 Å². The Kier molecular flexibility index (Phi) is 4.97. The molecule has 1 aromatic rings. The highest BCUT2D eigenvalue weighted by atomic mass is 16.5. The number of hydrogen-bond donors (Lipinski definition) is 2. The molecular formula is C13H20N2O2. The van der Waals surface area contributed by atoms with E-state index in [1.165, 1.54) is 0 Å². The minimum Gasteiger partial charge on any atom is -0.484 e. The van der Waals surface area contributed by atoms with E-state index in [4.69, 9.17) is 10.5 Å². The second kappa shape index (κ2) is 6.25. The Balaban J connectivity index is 2.63. The molecule has 1 rings (SSSR count). The lowest BCUT2D eigenvalue weighted by Gasteiger charge is -2.12. The summed E-state index contributed by atoms with van der Waals surface area (Å²) < 4.78 is 5.43. The fourth-order valence-corrected chi connectivity index (χ4v) is 1.51. The lowest BCUT2D eigenvalue weighted by Crippen LogP contribution is -2.28. The summed E-state index contributed by atoms with van der Waals surface area (Å²) in [7, 11) is 0. The van der Waals surface area contributed by atoms with Crippen LogP contribution in [0.25, 0.3) is 0 Å². The zero-order valence-electron chi connectivity index (χ0n) is 10.6. The average molecular weight is 236 g/mol. The smallest absolute Gasteiger partial charge is 0.257 e. The molecule has 1 atom stereocenters. The molecule has 0 spiro atoms. The maximum Gasteiger partial charge on any atom is 0.257 e. The molecule has 1 aromatic carbocycles. The first-order valence-electron chi connectivity index (χ1n) is 5.80. The summed E-state index contributed by atoms with van der Waals surface area (Å²) in [5.41, 5.74) is 7.84. The van der Waals surface area contributed by atoms with Crippen LogP contribution < -0.4 is 15.8 Å². The van der Waals surface area contributed by atoms with Crippen LogP contribution in [0.4, 0.5) is 0 Å².